The minimum Gasteiger partial charge on any atom is -0.478 e. The van der Waals surface area contributed by atoms with E-state index in [2.05, 4.69) is 5.32 Å². The molecule has 0 unspecified atom stereocenters. The second kappa shape index (κ2) is 3.52. The molecule has 0 aromatic heterocycles. The summed E-state index contributed by atoms with van der Waals surface area (Å²) < 4.78 is 0. The molecule has 1 aromatic carbocycles. The standard InChI is InChI=1S/C8H6NO3/c10-5-9-7-3-1-6(2-4-7)8(11)12/h1-4H,(H,9,10)(H,11,12). The summed E-state index contributed by atoms with van der Waals surface area (Å²) in [6.45, 7) is 0. The number of anilines is 1. The number of benzene rings is 1. The highest BCUT2D eigenvalue weighted by Crippen LogP contribution is 2.07. The average Bonchev–Trinajstić information content (AvgIpc) is 2.06. The Bertz CT molecular complexity index is 292. The summed E-state index contributed by atoms with van der Waals surface area (Å²) >= 11 is 0. The number of nitrogens with one attached hydrogen (secondary N) is 1. The van der Waals surface area contributed by atoms with E-state index in [1.165, 1.54) is 30.7 Å². The number of carboxylic acid groups (broad SMARTS) is 1. The maximum atomic E-state index is 10.4. The lowest BCUT2D eigenvalue weighted by atomic mass is 10.2. The number of amides is 1. The zero-order valence-electron chi connectivity index (χ0n) is 6.07. The van der Waals surface area contributed by atoms with Crippen molar-refractivity contribution in [3.05, 3.63) is 29.8 Å². The van der Waals surface area contributed by atoms with E-state index in [4.69, 9.17) is 5.11 Å². The Morgan fingerprint density at radius 3 is 2.33 bits per heavy atom. The lowest BCUT2D eigenvalue weighted by Gasteiger charge is -1.97. The summed E-state index contributed by atoms with van der Waals surface area (Å²) in [5.74, 6) is -0.989. The van der Waals surface area contributed by atoms with Crippen LogP contribution in [0.4, 0.5) is 5.69 Å². The number of aromatic carboxylic acids is 1. The molecule has 4 nitrogen and oxygen atoms in total. The topological polar surface area (TPSA) is 66.4 Å². The molecule has 0 saturated carbocycles. The number of carbonyl (C=O) groups is 1. The molecule has 0 heterocycles. The molecule has 0 spiro atoms. The minimum atomic E-state index is -0.989. The van der Waals surface area contributed by atoms with Crippen molar-refractivity contribution in [3.63, 3.8) is 0 Å². The van der Waals surface area contributed by atoms with Crippen LogP contribution in [-0.2, 0) is 4.79 Å². The first-order valence-electron chi connectivity index (χ1n) is 3.20. The maximum absolute atomic E-state index is 10.4. The molecule has 4 heteroatoms. The van der Waals surface area contributed by atoms with E-state index >= 15 is 0 Å². The number of carboxylic acids is 1. The van der Waals surface area contributed by atoms with Crippen LogP contribution < -0.4 is 5.32 Å². The minimum absolute atomic E-state index is 0.187. The van der Waals surface area contributed by atoms with Gasteiger partial charge in [0, 0.05) is 5.69 Å². The van der Waals surface area contributed by atoms with Gasteiger partial charge in [0.25, 0.3) is 0 Å². The molecular formula is C8H6NO3. The fourth-order valence-corrected chi connectivity index (χ4v) is 0.755. The van der Waals surface area contributed by atoms with Crippen LogP contribution >= 0.6 is 0 Å². The van der Waals surface area contributed by atoms with Crippen LogP contribution in [0.5, 0.6) is 0 Å². The predicted octanol–water partition coefficient (Wildman–Crippen LogP) is 0.864. The molecule has 0 aliphatic heterocycles. The zero-order chi connectivity index (χ0) is 8.97. The van der Waals surface area contributed by atoms with Gasteiger partial charge in [-0.05, 0) is 24.3 Å². The summed E-state index contributed by atoms with van der Waals surface area (Å²) in [5, 5.41) is 10.8. The van der Waals surface area contributed by atoms with Gasteiger partial charge in [0.2, 0.25) is 0 Å². The molecule has 61 valence electrons. The van der Waals surface area contributed by atoms with E-state index in [1.807, 2.05) is 0 Å². The molecule has 1 rings (SSSR count). The second-order valence-corrected chi connectivity index (χ2v) is 2.11. The lowest BCUT2D eigenvalue weighted by molar-refractivity contribution is 0.0697. The van der Waals surface area contributed by atoms with Crippen LogP contribution in [-0.4, -0.2) is 17.5 Å². The number of carbonyl (C=O) groups excluding carboxylic acids is 1. The van der Waals surface area contributed by atoms with Crippen molar-refractivity contribution in [3.8, 4) is 0 Å². The molecule has 2 N–H and O–H groups in total. The smallest absolute Gasteiger partial charge is 0.335 e. The molecule has 0 fully saturated rings. The molecular weight excluding hydrogens is 158 g/mol. The van der Waals surface area contributed by atoms with Crippen molar-refractivity contribution >= 4 is 18.1 Å². The zero-order valence-corrected chi connectivity index (χ0v) is 6.07. The van der Waals surface area contributed by atoms with Crippen molar-refractivity contribution in [2.24, 2.45) is 0 Å². The first-order valence-corrected chi connectivity index (χ1v) is 3.20. The van der Waals surface area contributed by atoms with Gasteiger partial charge in [0.1, 0.15) is 0 Å². The number of hydrogen-bond acceptors (Lipinski definition) is 2. The van der Waals surface area contributed by atoms with Crippen LogP contribution in [0.2, 0.25) is 0 Å². The van der Waals surface area contributed by atoms with Crippen LogP contribution in [0.15, 0.2) is 24.3 Å². The van der Waals surface area contributed by atoms with Gasteiger partial charge in [-0.2, -0.15) is 0 Å². The van der Waals surface area contributed by atoms with Crippen molar-refractivity contribution in [1.82, 2.24) is 0 Å². The third kappa shape index (κ3) is 1.82. The fraction of sp³-hybridized carbons (Fsp3) is 0. The first-order chi connectivity index (χ1) is 5.74. The van der Waals surface area contributed by atoms with Crippen LogP contribution in [0, 0.1) is 0 Å². The molecule has 0 saturated heterocycles. The highest BCUT2D eigenvalue weighted by atomic mass is 16.4. The van der Waals surface area contributed by atoms with Gasteiger partial charge >= 0.3 is 12.4 Å². The molecule has 0 aliphatic carbocycles. The largest absolute Gasteiger partial charge is 0.478 e. The number of hydrogen-bond donors (Lipinski definition) is 2. The molecule has 0 atom stereocenters. The Hall–Kier alpha value is -1.84. The molecule has 12 heavy (non-hydrogen) atoms. The van der Waals surface area contributed by atoms with Crippen molar-refractivity contribution < 1.29 is 14.7 Å². The summed E-state index contributed by atoms with van der Waals surface area (Å²) in [6, 6.07) is 5.80. The predicted molar refractivity (Wildman–Crippen MR) is 42.7 cm³/mol. The molecule has 0 aliphatic rings. The first kappa shape index (κ1) is 8.26. The van der Waals surface area contributed by atoms with E-state index < -0.39 is 5.97 Å². The van der Waals surface area contributed by atoms with E-state index in [-0.39, 0.29) is 5.56 Å². The Morgan fingerprint density at radius 1 is 1.33 bits per heavy atom. The van der Waals surface area contributed by atoms with Gasteiger partial charge in [0.15, 0.2) is 0 Å². The third-order valence-electron chi connectivity index (χ3n) is 1.33. The maximum Gasteiger partial charge on any atom is 0.335 e. The van der Waals surface area contributed by atoms with Gasteiger partial charge in [0.05, 0.1) is 5.56 Å². The van der Waals surface area contributed by atoms with Crippen LogP contribution in [0.3, 0.4) is 0 Å². The van der Waals surface area contributed by atoms with Gasteiger partial charge < -0.3 is 10.4 Å². The molecule has 1 radical (unpaired) electrons. The Balaban J connectivity index is 2.85. The highest BCUT2D eigenvalue weighted by Gasteiger charge is 2.00. The van der Waals surface area contributed by atoms with E-state index in [9.17, 15) is 9.59 Å². The fourth-order valence-electron chi connectivity index (χ4n) is 0.755. The Morgan fingerprint density at radius 2 is 1.92 bits per heavy atom. The van der Waals surface area contributed by atoms with E-state index in [1.54, 1.807) is 0 Å². The number of rotatable bonds is 3. The summed E-state index contributed by atoms with van der Waals surface area (Å²) in [5.41, 5.74) is 0.710. The highest BCUT2D eigenvalue weighted by molar-refractivity contribution is 5.88. The summed E-state index contributed by atoms with van der Waals surface area (Å²) in [4.78, 5) is 20.2. The quantitative estimate of drug-likeness (QED) is 0.651. The van der Waals surface area contributed by atoms with Crippen LogP contribution in [0.1, 0.15) is 10.4 Å². The van der Waals surface area contributed by atoms with Crippen molar-refractivity contribution in [2.45, 2.75) is 0 Å². The Labute approximate surface area is 68.8 Å². The lowest BCUT2D eigenvalue weighted by Crippen LogP contribution is -1.97. The van der Waals surface area contributed by atoms with E-state index in [0.29, 0.717) is 5.69 Å². The monoisotopic (exact) mass is 164 g/mol. The Kier molecular flexibility index (Phi) is 2.42. The van der Waals surface area contributed by atoms with Gasteiger partial charge in [-0.1, -0.05) is 0 Å². The second-order valence-electron chi connectivity index (χ2n) is 2.11. The SMILES string of the molecule is O=[C]Nc1ccc(C(=O)O)cc1. The molecule has 0 bridgehead atoms. The van der Waals surface area contributed by atoms with Crippen molar-refractivity contribution in [2.75, 3.05) is 5.32 Å². The van der Waals surface area contributed by atoms with Crippen LogP contribution in [0.25, 0.3) is 0 Å². The third-order valence-corrected chi connectivity index (χ3v) is 1.33. The van der Waals surface area contributed by atoms with Crippen molar-refractivity contribution in [1.29, 1.82) is 0 Å². The average molecular weight is 164 g/mol. The van der Waals surface area contributed by atoms with Gasteiger partial charge in [-0.3, -0.25) is 4.79 Å². The van der Waals surface area contributed by atoms with Gasteiger partial charge in [-0.25, -0.2) is 4.79 Å². The summed E-state index contributed by atoms with van der Waals surface area (Å²) in [7, 11) is 0. The van der Waals surface area contributed by atoms with Gasteiger partial charge in [-0.15, -0.1) is 0 Å². The molecule has 1 amide bonds. The summed E-state index contributed by atoms with van der Waals surface area (Å²) in [6.07, 6.45) is 1.49. The van der Waals surface area contributed by atoms with E-state index in [0.717, 1.165) is 0 Å². The molecule has 1 aromatic rings. The normalized spacial score (nSPS) is 9.00.